The number of H-pyrrole nitrogens is 1. The van der Waals surface area contributed by atoms with Gasteiger partial charge in [0.1, 0.15) is 18.9 Å². The molecule has 6 amide bonds. The van der Waals surface area contributed by atoms with Gasteiger partial charge in [-0.25, -0.2) is 13.2 Å². The number of carbonyl (C=O) groups excluding carboxylic acids is 7. The molecule has 2 aliphatic heterocycles. The normalized spacial score (nSPS) is 18.4. The number of aromatic nitrogens is 8. The third kappa shape index (κ3) is 13.6. The summed E-state index contributed by atoms with van der Waals surface area (Å²) in [6.07, 6.45) is 17.7. The van der Waals surface area contributed by atoms with Gasteiger partial charge in [0.05, 0.1) is 54.5 Å². The molecule has 4 aliphatic rings. The number of likely N-dealkylation sites (tertiary alicyclic amines) is 2. The van der Waals surface area contributed by atoms with Gasteiger partial charge < -0.3 is 35.8 Å². The Morgan fingerprint density at radius 2 is 1.44 bits per heavy atom. The van der Waals surface area contributed by atoms with Crippen molar-refractivity contribution in [1.29, 1.82) is 0 Å². The topological polar surface area (TPSA) is 265 Å². The first-order valence-electron chi connectivity index (χ1n) is 30.2. The number of amides is 6. The molecular formula is C61H77F3N14O8. The van der Waals surface area contributed by atoms with E-state index in [9.17, 15) is 42.3 Å². The van der Waals surface area contributed by atoms with Crippen LogP contribution in [0, 0.1) is 17.2 Å². The summed E-state index contributed by atoms with van der Waals surface area (Å²) in [5.41, 5.74) is 3.67. The van der Waals surface area contributed by atoms with Crippen molar-refractivity contribution in [2.24, 2.45) is 18.4 Å². The third-order valence-corrected chi connectivity index (χ3v) is 18.1. The lowest BCUT2D eigenvalue weighted by molar-refractivity contribution is -0.141. The van der Waals surface area contributed by atoms with Crippen molar-refractivity contribution in [3.05, 3.63) is 77.4 Å². The highest BCUT2D eigenvalue weighted by molar-refractivity contribution is 6.04. The van der Waals surface area contributed by atoms with Crippen molar-refractivity contribution in [3.63, 3.8) is 0 Å². The second-order valence-electron chi connectivity index (χ2n) is 23.7. The predicted octanol–water partition coefficient (Wildman–Crippen LogP) is 7.04. The molecule has 6 aromatic rings. The van der Waals surface area contributed by atoms with Gasteiger partial charge >= 0.3 is 5.97 Å². The van der Waals surface area contributed by atoms with Gasteiger partial charge in [-0.1, -0.05) is 64.0 Å². The van der Waals surface area contributed by atoms with Crippen LogP contribution in [0.3, 0.4) is 0 Å². The number of hydrogen-bond donors (Lipinski definition) is 5. The van der Waals surface area contributed by atoms with E-state index in [1.54, 1.807) is 59.0 Å². The van der Waals surface area contributed by atoms with Gasteiger partial charge in [0, 0.05) is 116 Å². The standard InChI is InChI=1S/C61H77F3N14O8/c1-60-31-46-44(30-49(60)61(60,63)64)58(72-71-46)59(85)70-40-33-69-77(36-40)41-21-26-76(27-22-41)53(82)16-11-9-7-5-4-6-8-10-12-23-65-50(79)17-18-54(83)75-24-19-38(20-25-75)57-56-42(43-29-48-39(28-45(43)62)32-68-74(48)2)14-13-15-47(56)78(73-57)37-52(81)66-34-51(80)67-35-55(84)86-3/h13-15,28-29,32-33,36,38,41,49H,4-12,16-27,30-31,34-35,37H2,1-3H3,(H,65,79)(H,66,81)(H,67,80)(H,70,85)(H,71,72)/t49-,60+/m1/s1. The maximum atomic E-state index is 16.0. The van der Waals surface area contributed by atoms with Gasteiger partial charge in [0.25, 0.3) is 11.8 Å². The first kappa shape index (κ1) is 61.0. The van der Waals surface area contributed by atoms with E-state index in [2.05, 4.69) is 46.4 Å². The predicted molar refractivity (Wildman–Crippen MR) is 312 cm³/mol. The Morgan fingerprint density at radius 3 is 2.17 bits per heavy atom. The van der Waals surface area contributed by atoms with Crippen molar-refractivity contribution >= 4 is 68.9 Å². The maximum Gasteiger partial charge on any atom is 0.325 e. The first-order valence-corrected chi connectivity index (χ1v) is 30.2. The molecule has 2 saturated heterocycles. The number of aryl methyl sites for hydroxylation is 1. The quantitative estimate of drug-likeness (QED) is 0.0270. The molecule has 4 aromatic heterocycles. The number of nitrogens with zero attached hydrogens (tertiary/aromatic N) is 9. The van der Waals surface area contributed by atoms with Crippen LogP contribution in [-0.2, 0) is 59.9 Å². The number of alkyl halides is 2. The molecule has 2 aromatic carbocycles. The van der Waals surface area contributed by atoms with Crippen LogP contribution in [0.2, 0.25) is 0 Å². The third-order valence-electron chi connectivity index (χ3n) is 18.1. The molecule has 25 heteroatoms. The molecule has 6 heterocycles. The van der Waals surface area contributed by atoms with E-state index in [1.165, 1.54) is 13.2 Å². The summed E-state index contributed by atoms with van der Waals surface area (Å²) in [6, 6.07) is 8.70. The number of fused-ring (bicyclic) bond motifs is 4. The molecule has 10 rings (SSSR count). The van der Waals surface area contributed by atoms with Crippen LogP contribution in [0.15, 0.2) is 48.9 Å². The molecule has 0 unspecified atom stereocenters. The van der Waals surface area contributed by atoms with Gasteiger partial charge in [-0.3, -0.25) is 52.7 Å². The highest BCUT2D eigenvalue weighted by Crippen LogP contribution is 2.70. The molecular weight excluding hydrogens is 1110 g/mol. The second-order valence-corrected chi connectivity index (χ2v) is 23.7. The molecule has 86 heavy (non-hydrogen) atoms. The van der Waals surface area contributed by atoms with E-state index in [0.29, 0.717) is 102 Å². The van der Waals surface area contributed by atoms with Gasteiger partial charge in [-0.05, 0) is 68.7 Å². The zero-order chi connectivity index (χ0) is 60.7. The first-order chi connectivity index (χ1) is 41.4. The van der Waals surface area contributed by atoms with Crippen LogP contribution >= 0.6 is 0 Å². The number of carbonyl (C=O) groups is 7. The highest BCUT2D eigenvalue weighted by atomic mass is 19.3. The minimum absolute atomic E-state index is 0.0865. The number of methoxy groups -OCH3 is 1. The summed E-state index contributed by atoms with van der Waals surface area (Å²) < 4.78 is 54.3. The zero-order valence-electron chi connectivity index (χ0n) is 49.2. The molecule has 2 aliphatic carbocycles. The number of unbranched alkanes of at least 4 members (excludes halogenated alkanes) is 8. The molecule has 3 fully saturated rings. The average molecular weight is 1190 g/mol. The Labute approximate surface area is 496 Å². The molecule has 2 atom stereocenters. The Balaban J connectivity index is 0.579. The minimum Gasteiger partial charge on any atom is -0.468 e. The number of nitrogens with one attached hydrogen (secondary N) is 5. The maximum absolute atomic E-state index is 16.0. The molecule has 460 valence electrons. The number of benzene rings is 2. The molecule has 5 N–H and O–H groups in total. The SMILES string of the molecule is COC(=O)CNC(=O)CNC(=O)Cn1nc(C2CCN(C(=O)CCC(=O)NCCCCCCCCCCCC(=O)N3CCC(n4cc(NC(=O)c5n[nH]c6c5C[C@H]5C(F)(F)[C@@]5(C)C6)cn4)CC3)CC2)c2c(-c3cc4c(cnn4C)cc3F)cccc21. The summed E-state index contributed by atoms with van der Waals surface area (Å²) >= 11 is 0. The molecule has 0 spiro atoms. The number of ether oxygens (including phenoxy) is 1. The number of rotatable bonds is 26. The Morgan fingerprint density at radius 1 is 0.756 bits per heavy atom. The summed E-state index contributed by atoms with van der Waals surface area (Å²) in [7, 11) is 2.99. The van der Waals surface area contributed by atoms with Gasteiger partial charge in [0.2, 0.25) is 29.5 Å². The molecule has 22 nitrogen and oxygen atoms in total. The molecule has 1 saturated carbocycles. The van der Waals surface area contributed by atoms with Crippen LogP contribution in [0.25, 0.3) is 32.9 Å². The van der Waals surface area contributed by atoms with Crippen LogP contribution < -0.4 is 21.3 Å². The van der Waals surface area contributed by atoms with E-state index in [0.717, 1.165) is 76.1 Å². The Bertz CT molecular complexity index is 3480. The number of hydrogen-bond acceptors (Lipinski definition) is 12. The van der Waals surface area contributed by atoms with Crippen LogP contribution in [0.1, 0.15) is 149 Å². The van der Waals surface area contributed by atoms with E-state index in [1.807, 2.05) is 21.7 Å². The van der Waals surface area contributed by atoms with Gasteiger partial charge in [-0.15, -0.1) is 0 Å². The monoisotopic (exact) mass is 1190 g/mol. The van der Waals surface area contributed by atoms with E-state index < -0.39 is 46.8 Å². The van der Waals surface area contributed by atoms with Crippen molar-refractivity contribution in [1.82, 2.24) is 65.3 Å². The smallest absolute Gasteiger partial charge is 0.325 e. The summed E-state index contributed by atoms with van der Waals surface area (Å²) in [4.78, 5) is 93.0. The zero-order valence-corrected chi connectivity index (χ0v) is 49.2. The summed E-state index contributed by atoms with van der Waals surface area (Å²) in [6.45, 7) is 3.32. The lowest BCUT2D eigenvalue weighted by atomic mass is 9.87. The van der Waals surface area contributed by atoms with Crippen LogP contribution in [0.5, 0.6) is 0 Å². The largest absolute Gasteiger partial charge is 0.468 e. The van der Waals surface area contributed by atoms with E-state index >= 15 is 4.39 Å². The van der Waals surface area contributed by atoms with Crippen molar-refractivity contribution in [2.45, 2.75) is 147 Å². The summed E-state index contributed by atoms with van der Waals surface area (Å²) in [5.74, 6) is -6.36. The fourth-order valence-corrected chi connectivity index (χ4v) is 12.8. The van der Waals surface area contributed by atoms with Crippen molar-refractivity contribution in [2.75, 3.05) is 58.2 Å². The van der Waals surface area contributed by atoms with Crippen molar-refractivity contribution in [3.8, 4) is 11.1 Å². The number of esters is 1. The lowest BCUT2D eigenvalue weighted by Crippen LogP contribution is -2.40. The fourth-order valence-electron chi connectivity index (χ4n) is 12.8. The summed E-state index contributed by atoms with van der Waals surface area (Å²) in [5, 5.41) is 32.8. The number of halogens is 3. The number of anilines is 1. The van der Waals surface area contributed by atoms with E-state index in [-0.39, 0.29) is 80.7 Å². The molecule has 0 bridgehead atoms. The van der Waals surface area contributed by atoms with Crippen LogP contribution in [0.4, 0.5) is 18.9 Å². The van der Waals surface area contributed by atoms with E-state index in [4.69, 9.17) is 5.10 Å². The molecule has 0 radical (unpaired) electrons. The highest BCUT2D eigenvalue weighted by Gasteiger charge is 2.78. The number of piperidine rings is 2. The van der Waals surface area contributed by atoms with Crippen molar-refractivity contribution < 1.29 is 51.5 Å². The average Bonchev–Trinajstić information content (AvgIpc) is 1.54. The van der Waals surface area contributed by atoms with Gasteiger partial charge in [0.15, 0.2) is 5.69 Å². The second kappa shape index (κ2) is 26.6. The van der Waals surface area contributed by atoms with Crippen LogP contribution in [-0.4, -0.2) is 150 Å². The Hall–Kier alpha value is -8.12. The minimum atomic E-state index is -2.74. The number of aromatic amines is 1. The van der Waals surface area contributed by atoms with Gasteiger partial charge in [-0.2, -0.15) is 20.4 Å². The lowest BCUT2D eigenvalue weighted by Gasteiger charge is -2.32. The Kier molecular flexibility index (Phi) is 18.9. The fraction of sp³-hybridized carbons (Fsp3) is 0.557.